The van der Waals surface area contributed by atoms with Crippen LogP contribution in [0.15, 0.2) is 0 Å². The highest BCUT2D eigenvalue weighted by Gasteiger charge is 2.00. The summed E-state index contributed by atoms with van der Waals surface area (Å²) in [5, 5.41) is 0. The Morgan fingerprint density at radius 3 is 2.57 bits per heavy atom. The molecule has 0 N–H and O–H groups in total. The van der Waals surface area contributed by atoms with Gasteiger partial charge < -0.3 is 0 Å². The zero-order chi connectivity index (χ0) is 5.70. The molecular formula is C5H8FO. The SMILES string of the molecule is CCC[C@@H](F)[C]=O. The summed E-state index contributed by atoms with van der Waals surface area (Å²) < 4.78 is 11.7. The van der Waals surface area contributed by atoms with Crippen molar-refractivity contribution in [2.75, 3.05) is 0 Å². The number of carbonyl (C=O) groups excluding carboxylic acids is 1. The van der Waals surface area contributed by atoms with Gasteiger partial charge in [0.2, 0.25) is 6.29 Å². The van der Waals surface area contributed by atoms with Gasteiger partial charge >= 0.3 is 0 Å². The molecule has 0 aromatic carbocycles. The van der Waals surface area contributed by atoms with E-state index in [1.807, 2.05) is 6.92 Å². The number of alkyl halides is 1. The molecule has 0 saturated heterocycles. The number of halogens is 1. The summed E-state index contributed by atoms with van der Waals surface area (Å²) in [6.07, 6.45) is 0.906. The molecular weight excluding hydrogens is 95.1 g/mol. The lowest BCUT2D eigenvalue weighted by Gasteiger charge is -1.89. The van der Waals surface area contributed by atoms with Crippen LogP contribution in [0.2, 0.25) is 0 Å². The number of rotatable bonds is 3. The predicted molar refractivity (Wildman–Crippen MR) is 25.5 cm³/mol. The van der Waals surface area contributed by atoms with Crippen molar-refractivity contribution >= 4 is 6.29 Å². The van der Waals surface area contributed by atoms with Crippen LogP contribution in [0.1, 0.15) is 19.8 Å². The Balaban J connectivity index is 2.98. The minimum atomic E-state index is -1.36. The molecule has 0 aliphatic carbocycles. The van der Waals surface area contributed by atoms with E-state index in [-0.39, 0.29) is 0 Å². The standard InChI is InChI=1S/C5H8FO/c1-2-3-5(6)4-7/h5H,2-3H2,1H3/t5-/m1/s1. The molecule has 0 heterocycles. The summed E-state index contributed by atoms with van der Waals surface area (Å²) in [4.78, 5) is 9.39. The second kappa shape index (κ2) is 3.78. The van der Waals surface area contributed by atoms with Crippen molar-refractivity contribution < 1.29 is 9.18 Å². The minimum Gasteiger partial charge on any atom is -0.287 e. The van der Waals surface area contributed by atoms with Crippen molar-refractivity contribution in [1.29, 1.82) is 0 Å². The maximum atomic E-state index is 11.7. The molecule has 0 aliphatic heterocycles. The molecule has 0 unspecified atom stereocenters. The van der Waals surface area contributed by atoms with E-state index in [9.17, 15) is 9.18 Å². The molecule has 0 aromatic heterocycles. The molecule has 1 atom stereocenters. The van der Waals surface area contributed by atoms with Gasteiger partial charge in [0, 0.05) is 0 Å². The number of hydrogen-bond donors (Lipinski definition) is 0. The second-order valence-corrected chi connectivity index (χ2v) is 1.37. The first-order chi connectivity index (χ1) is 3.31. The van der Waals surface area contributed by atoms with Crippen molar-refractivity contribution in [3.8, 4) is 0 Å². The van der Waals surface area contributed by atoms with Crippen LogP contribution in [-0.4, -0.2) is 12.5 Å². The zero-order valence-corrected chi connectivity index (χ0v) is 4.28. The monoisotopic (exact) mass is 103 g/mol. The smallest absolute Gasteiger partial charge is 0.235 e. The predicted octanol–water partition coefficient (Wildman–Crippen LogP) is 1.23. The number of hydrogen-bond acceptors (Lipinski definition) is 1. The van der Waals surface area contributed by atoms with Crippen LogP contribution in [0, 0.1) is 0 Å². The van der Waals surface area contributed by atoms with Crippen LogP contribution in [0.5, 0.6) is 0 Å². The lowest BCUT2D eigenvalue weighted by Crippen LogP contribution is -1.98. The molecule has 1 nitrogen and oxygen atoms in total. The average molecular weight is 103 g/mol. The molecule has 0 rings (SSSR count). The zero-order valence-electron chi connectivity index (χ0n) is 4.28. The van der Waals surface area contributed by atoms with Crippen LogP contribution in [0.25, 0.3) is 0 Å². The summed E-state index contributed by atoms with van der Waals surface area (Å²) in [6.45, 7) is 1.82. The summed E-state index contributed by atoms with van der Waals surface area (Å²) >= 11 is 0. The van der Waals surface area contributed by atoms with Gasteiger partial charge in [-0.25, -0.2) is 4.39 Å². The van der Waals surface area contributed by atoms with Crippen LogP contribution in [-0.2, 0) is 4.79 Å². The van der Waals surface area contributed by atoms with E-state index >= 15 is 0 Å². The lowest BCUT2D eigenvalue weighted by atomic mass is 10.2. The minimum absolute atomic E-state index is 0.309. The fourth-order valence-electron chi connectivity index (χ4n) is 0.312. The van der Waals surface area contributed by atoms with Crippen molar-refractivity contribution in [1.82, 2.24) is 0 Å². The highest BCUT2D eigenvalue weighted by atomic mass is 19.1. The Bertz CT molecular complexity index is 54.0. The summed E-state index contributed by atoms with van der Waals surface area (Å²) in [7, 11) is 0. The van der Waals surface area contributed by atoms with Gasteiger partial charge in [-0.1, -0.05) is 13.3 Å². The Morgan fingerprint density at radius 2 is 2.43 bits per heavy atom. The topological polar surface area (TPSA) is 17.1 Å². The third-order valence-electron chi connectivity index (χ3n) is 0.670. The summed E-state index contributed by atoms with van der Waals surface area (Å²) in [5.41, 5.74) is 0. The van der Waals surface area contributed by atoms with E-state index < -0.39 is 6.17 Å². The van der Waals surface area contributed by atoms with Gasteiger partial charge in [-0.3, -0.25) is 4.79 Å². The molecule has 41 valence electrons. The van der Waals surface area contributed by atoms with Gasteiger partial charge in [0.25, 0.3) is 0 Å². The molecule has 0 aromatic rings. The van der Waals surface area contributed by atoms with Crippen molar-refractivity contribution in [2.45, 2.75) is 25.9 Å². The van der Waals surface area contributed by atoms with E-state index in [2.05, 4.69) is 0 Å². The molecule has 1 radical (unpaired) electrons. The Kier molecular flexibility index (Phi) is 3.56. The van der Waals surface area contributed by atoms with E-state index in [1.54, 1.807) is 0 Å². The van der Waals surface area contributed by atoms with Crippen LogP contribution in [0.4, 0.5) is 4.39 Å². The van der Waals surface area contributed by atoms with Gasteiger partial charge in [0.15, 0.2) is 6.17 Å². The fraction of sp³-hybridized carbons (Fsp3) is 0.800. The van der Waals surface area contributed by atoms with Crippen molar-refractivity contribution in [3.63, 3.8) is 0 Å². The Hall–Kier alpha value is -0.400. The van der Waals surface area contributed by atoms with Gasteiger partial charge in [0.1, 0.15) is 0 Å². The van der Waals surface area contributed by atoms with Gasteiger partial charge in [0.05, 0.1) is 0 Å². The first-order valence-corrected chi connectivity index (χ1v) is 2.33. The molecule has 0 spiro atoms. The Labute approximate surface area is 42.5 Å². The van der Waals surface area contributed by atoms with Crippen LogP contribution in [0.3, 0.4) is 0 Å². The first-order valence-electron chi connectivity index (χ1n) is 2.33. The molecule has 0 aliphatic rings. The average Bonchev–Trinajstić information content (AvgIpc) is 1.68. The largest absolute Gasteiger partial charge is 0.287 e. The van der Waals surface area contributed by atoms with Crippen LogP contribution >= 0.6 is 0 Å². The van der Waals surface area contributed by atoms with E-state index in [0.29, 0.717) is 12.8 Å². The van der Waals surface area contributed by atoms with Gasteiger partial charge in [-0.05, 0) is 6.42 Å². The molecule has 7 heavy (non-hydrogen) atoms. The van der Waals surface area contributed by atoms with Gasteiger partial charge in [-0.2, -0.15) is 0 Å². The van der Waals surface area contributed by atoms with E-state index in [1.165, 1.54) is 6.29 Å². The molecule has 0 bridgehead atoms. The quantitative estimate of drug-likeness (QED) is 0.525. The van der Waals surface area contributed by atoms with E-state index in [0.717, 1.165) is 0 Å². The maximum Gasteiger partial charge on any atom is 0.235 e. The van der Waals surface area contributed by atoms with Gasteiger partial charge in [-0.15, -0.1) is 0 Å². The fourth-order valence-corrected chi connectivity index (χ4v) is 0.312. The Morgan fingerprint density at radius 1 is 1.86 bits per heavy atom. The first kappa shape index (κ1) is 6.60. The molecule has 0 fully saturated rings. The van der Waals surface area contributed by atoms with Crippen LogP contribution < -0.4 is 0 Å². The second-order valence-electron chi connectivity index (χ2n) is 1.37. The van der Waals surface area contributed by atoms with Crippen molar-refractivity contribution in [2.24, 2.45) is 0 Å². The molecule has 2 heteroatoms. The summed E-state index contributed by atoms with van der Waals surface area (Å²) in [5.74, 6) is 0. The normalized spacial score (nSPS) is 13.4. The van der Waals surface area contributed by atoms with Crippen molar-refractivity contribution in [3.05, 3.63) is 0 Å². The third kappa shape index (κ3) is 3.43. The summed E-state index contributed by atoms with van der Waals surface area (Å²) in [6, 6.07) is 0. The molecule has 0 saturated carbocycles. The lowest BCUT2D eigenvalue weighted by molar-refractivity contribution is 0.377. The highest BCUT2D eigenvalue weighted by Crippen LogP contribution is 1.95. The van der Waals surface area contributed by atoms with E-state index in [4.69, 9.17) is 0 Å². The molecule has 0 amide bonds. The third-order valence-corrected chi connectivity index (χ3v) is 0.670. The highest BCUT2D eigenvalue weighted by molar-refractivity contribution is 5.56. The maximum absolute atomic E-state index is 11.7.